The third kappa shape index (κ3) is 3.95. The van der Waals surface area contributed by atoms with E-state index in [0.717, 1.165) is 5.56 Å². The topological polar surface area (TPSA) is 142 Å². The number of aliphatic hydroxyl groups is 2. The van der Waals surface area contributed by atoms with Crippen molar-refractivity contribution in [1.29, 1.82) is 0 Å². The van der Waals surface area contributed by atoms with E-state index in [9.17, 15) is 15.0 Å². The molecule has 152 valence electrons. The predicted molar refractivity (Wildman–Crippen MR) is 108 cm³/mol. The van der Waals surface area contributed by atoms with Crippen molar-refractivity contribution in [3.05, 3.63) is 66.9 Å². The van der Waals surface area contributed by atoms with Gasteiger partial charge < -0.3 is 15.5 Å². The molecule has 0 saturated heterocycles. The van der Waals surface area contributed by atoms with Gasteiger partial charge in [0.2, 0.25) is 0 Å². The van der Waals surface area contributed by atoms with Crippen LogP contribution in [0.4, 0.5) is 5.69 Å². The number of hydrogen-bond donors (Lipinski definition) is 4. The first-order valence-electron chi connectivity index (χ1n) is 9.19. The van der Waals surface area contributed by atoms with Crippen LogP contribution in [0.2, 0.25) is 0 Å². The Morgan fingerprint density at radius 2 is 1.97 bits per heavy atom. The summed E-state index contributed by atoms with van der Waals surface area (Å²) < 4.78 is 1.41. The molecule has 0 aromatic carbocycles. The number of aromatic amines is 1. The lowest BCUT2D eigenvalue weighted by molar-refractivity contribution is 0.102. The minimum Gasteiger partial charge on any atom is -0.394 e. The molecule has 10 heteroatoms. The summed E-state index contributed by atoms with van der Waals surface area (Å²) in [5, 5.41) is 32.8. The number of hydrogen-bond acceptors (Lipinski definition) is 7. The van der Waals surface area contributed by atoms with Gasteiger partial charge in [-0.3, -0.25) is 19.6 Å². The van der Waals surface area contributed by atoms with Crippen LogP contribution in [-0.4, -0.2) is 59.3 Å². The number of aliphatic hydroxyl groups excluding tert-OH is 2. The van der Waals surface area contributed by atoms with Crippen molar-refractivity contribution in [3.8, 4) is 22.6 Å². The minimum atomic E-state index is -0.638. The third-order valence-corrected chi connectivity index (χ3v) is 4.46. The van der Waals surface area contributed by atoms with E-state index in [1.807, 2.05) is 0 Å². The average Bonchev–Trinajstić information content (AvgIpc) is 3.46. The Balaban J connectivity index is 1.67. The van der Waals surface area contributed by atoms with E-state index >= 15 is 0 Å². The molecule has 0 saturated carbocycles. The first kappa shape index (κ1) is 19.4. The second kappa shape index (κ2) is 8.64. The van der Waals surface area contributed by atoms with Crippen LogP contribution in [0.1, 0.15) is 16.5 Å². The maximum atomic E-state index is 12.9. The highest BCUT2D eigenvalue weighted by atomic mass is 16.3. The third-order valence-electron chi connectivity index (χ3n) is 4.46. The number of anilines is 1. The lowest BCUT2D eigenvalue weighted by atomic mass is 10.2. The number of rotatable bonds is 7. The molecule has 4 rings (SSSR count). The molecule has 0 fully saturated rings. The van der Waals surface area contributed by atoms with Crippen LogP contribution in [0.5, 0.6) is 0 Å². The number of nitrogens with one attached hydrogen (secondary N) is 2. The number of carbonyl (C=O) groups excluding carboxylic acids is 1. The molecule has 0 aliphatic rings. The van der Waals surface area contributed by atoms with Crippen molar-refractivity contribution < 1.29 is 15.0 Å². The summed E-state index contributed by atoms with van der Waals surface area (Å²) in [6.07, 6.45) is 6.48. The Morgan fingerprint density at radius 3 is 2.67 bits per heavy atom. The summed E-state index contributed by atoms with van der Waals surface area (Å²) in [6, 6.07) is 9.82. The van der Waals surface area contributed by atoms with Gasteiger partial charge in [0.05, 0.1) is 42.5 Å². The zero-order valence-electron chi connectivity index (χ0n) is 15.8. The van der Waals surface area contributed by atoms with Crippen LogP contribution >= 0.6 is 0 Å². The molecular formula is C20H19N7O3. The standard InChI is InChI=1S/C20H19N7O3/c28-11-14(12-29)27-10-18(19(26-27)16-4-1-2-7-21-16)25-20(30)17-6-3-5-15(24-17)13-8-22-23-9-13/h1-10,14,28-29H,11-12H2,(H,22,23)(H,25,30). The number of amides is 1. The maximum absolute atomic E-state index is 12.9. The van der Waals surface area contributed by atoms with Gasteiger partial charge in [-0.05, 0) is 24.3 Å². The second-order valence-corrected chi connectivity index (χ2v) is 6.45. The summed E-state index contributed by atoms with van der Waals surface area (Å²) in [5.41, 5.74) is 2.94. The Labute approximate surface area is 171 Å². The zero-order chi connectivity index (χ0) is 20.9. The lowest BCUT2D eigenvalue weighted by Crippen LogP contribution is -2.18. The fraction of sp³-hybridized carbons (Fsp3) is 0.150. The molecule has 0 aliphatic carbocycles. The number of H-pyrrole nitrogens is 1. The van der Waals surface area contributed by atoms with Crippen molar-refractivity contribution in [2.45, 2.75) is 6.04 Å². The summed E-state index contributed by atoms with van der Waals surface area (Å²) in [5.74, 6) is -0.429. The highest BCUT2D eigenvalue weighted by molar-refractivity contribution is 6.04. The molecule has 4 N–H and O–H groups in total. The molecule has 0 unspecified atom stereocenters. The van der Waals surface area contributed by atoms with E-state index < -0.39 is 11.9 Å². The summed E-state index contributed by atoms with van der Waals surface area (Å²) in [4.78, 5) is 21.6. The number of pyridine rings is 2. The average molecular weight is 405 g/mol. The monoisotopic (exact) mass is 405 g/mol. The molecule has 0 radical (unpaired) electrons. The van der Waals surface area contributed by atoms with Gasteiger partial charge in [0, 0.05) is 24.2 Å². The lowest BCUT2D eigenvalue weighted by Gasteiger charge is -2.10. The molecule has 0 spiro atoms. The number of carbonyl (C=O) groups is 1. The van der Waals surface area contributed by atoms with E-state index in [0.29, 0.717) is 22.8 Å². The van der Waals surface area contributed by atoms with Gasteiger partial charge in [-0.1, -0.05) is 12.1 Å². The molecule has 4 aromatic rings. The van der Waals surface area contributed by atoms with Crippen LogP contribution in [0, 0.1) is 0 Å². The molecule has 0 aliphatic heterocycles. The zero-order valence-corrected chi connectivity index (χ0v) is 15.8. The van der Waals surface area contributed by atoms with Crippen LogP contribution < -0.4 is 5.32 Å². The fourth-order valence-electron chi connectivity index (χ4n) is 2.89. The largest absolute Gasteiger partial charge is 0.394 e. The van der Waals surface area contributed by atoms with Crippen molar-refractivity contribution in [3.63, 3.8) is 0 Å². The fourth-order valence-corrected chi connectivity index (χ4v) is 2.89. The van der Waals surface area contributed by atoms with Gasteiger partial charge in [-0.2, -0.15) is 10.2 Å². The van der Waals surface area contributed by atoms with E-state index in [1.165, 1.54) is 4.68 Å². The SMILES string of the molecule is O=C(Nc1cn(C(CO)CO)nc1-c1ccccn1)c1cccc(-c2cn[nH]c2)n1. The molecule has 0 bridgehead atoms. The highest BCUT2D eigenvalue weighted by Crippen LogP contribution is 2.27. The van der Waals surface area contributed by atoms with Crippen LogP contribution in [-0.2, 0) is 0 Å². The van der Waals surface area contributed by atoms with Gasteiger partial charge in [0.1, 0.15) is 11.4 Å². The highest BCUT2D eigenvalue weighted by Gasteiger charge is 2.20. The summed E-state index contributed by atoms with van der Waals surface area (Å²) in [7, 11) is 0. The van der Waals surface area contributed by atoms with Gasteiger partial charge in [0.15, 0.2) is 0 Å². The van der Waals surface area contributed by atoms with Gasteiger partial charge >= 0.3 is 0 Å². The predicted octanol–water partition coefficient (Wildman–Crippen LogP) is 1.51. The van der Waals surface area contributed by atoms with E-state index in [1.54, 1.807) is 61.2 Å². The maximum Gasteiger partial charge on any atom is 0.274 e. The Morgan fingerprint density at radius 1 is 1.13 bits per heavy atom. The molecule has 30 heavy (non-hydrogen) atoms. The van der Waals surface area contributed by atoms with Crippen molar-refractivity contribution in [2.24, 2.45) is 0 Å². The first-order chi connectivity index (χ1) is 14.7. The molecule has 0 atom stereocenters. The van der Waals surface area contributed by atoms with E-state index in [2.05, 4.69) is 30.6 Å². The number of aromatic nitrogens is 6. The van der Waals surface area contributed by atoms with Gasteiger partial charge in [-0.15, -0.1) is 0 Å². The second-order valence-electron chi connectivity index (χ2n) is 6.45. The smallest absolute Gasteiger partial charge is 0.274 e. The van der Waals surface area contributed by atoms with Crippen molar-refractivity contribution in [2.75, 3.05) is 18.5 Å². The number of nitrogens with zero attached hydrogens (tertiary/aromatic N) is 5. The molecule has 4 aromatic heterocycles. The molecular weight excluding hydrogens is 386 g/mol. The van der Waals surface area contributed by atoms with Crippen molar-refractivity contribution >= 4 is 11.6 Å². The van der Waals surface area contributed by atoms with Crippen LogP contribution in [0.3, 0.4) is 0 Å². The van der Waals surface area contributed by atoms with Crippen molar-refractivity contribution in [1.82, 2.24) is 29.9 Å². The normalized spacial score (nSPS) is 11.0. The minimum absolute atomic E-state index is 0.217. The van der Waals surface area contributed by atoms with E-state index in [-0.39, 0.29) is 18.9 Å². The molecule has 10 nitrogen and oxygen atoms in total. The molecule has 1 amide bonds. The molecule has 4 heterocycles. The van der Waals surface area contributed by atoms with Gasteiger partial charge in [-0.25, -0.2) is 4.98 Å². The first-order valence-corrected chi connectivity index (χ1v) is 9.19. The summed E-state index contributed by atoms with van der Waals surface area (Å²) in [6.45, 7) is -0.608. The quantitative estimate of drug-likeness (QED) is 0.365. The van der Waals surface area contributed by atoms with Crippen LogP contribution in [0.25, 0.3) is 22.6 Å². The Kier molecular flexibility index (Phi) is 5.59. The van der Waals surface area contributed by atoms with Crippen LogP contribution in [0.15, 0.2) is 61.2 Å². The van der Waals surface area contributed by atoms with Gasteiger partial charge in [0.25, 0.3) is 5.91 Å². The Bertz CT molecular complexity index is 1120. The summed E-state index contributed by atoms with van der Waals surface area (Å²) >= 11 is 0. The Hall–Kier alpha value is -3.89. The van der Waals surface area contributed by atoms with E-state index in [4.69, 9.17) is 0 Å².